The Bertz CT molecular complexity index is 365. The first-order valence-electron chi connectivity index (χ1n) is 6.29. The smallest absolute Gasteiger partial charge is 0.244 e. The van der Waals surface area contributed by atoms with Gasteiger partial charge in [-0.25, -0.2) is 0 Å². The minimum absolute atomic E-state index is 0.0804. The molecule has 3 N–H and O–H groups in total. The standard InChI is InChI=1S/C14H22N2O2/c1-11(2)16(9-6-10-17)14(18)13(15)12-7-4-3-5-8-12/h3-5,7-8,11,13,17H,6,9-10,15H2,1-2H3/t13-/m0/s1. The van der Waals surface area contributed by atoms with Crippen LogP contribution in [0.2, 0.25) is 0 Å². The molecule has 1 atom stereocenters. The molecule has 1 rings (SSSR count). The molecule has 18 heavy (non-hydrogen) atoms. The summed E-state index contributed by atoms with van der Waals surface area (Å²) in [5.41, 5.74) is 6.81. The molecule has 1 amide bonds. The third-order valence-corrected chi connectivity index (χ3v) is 2.89. The van der Waals surface area contributed by atoms with Gasteiger partial charge >= 0.3 is 0 Å². The third kappa shape index (κ3) is 3.82. The fraction of sp³-hybridized carbons (Fsp3) is 0.500. The van der Waals surface area contributed by atoms with Crippen LogP contribution < -0.4 is 5.73 Å². The molecule has 4 nitrogen and oxygen atoms in total. The van der Waals surface area contributed by atoms with E-state index in [1.807, 2.05) is 44.2 Å². The molecular formula is C14H22N2O2. The van der Waals surface area contributed by atoms with Crippen LogP contribution in [0, 0.1) is 0 Å². The Morgan fingerprint density at radius 2 is 1.94 bits per heavy atom. The number of hydrogen-bond donors (Lipinski definition) is 2. The Hall–Kier alpha value is -1.39. The van der Waals surface area contributed by atoms with Crippen LogP contribution >= 0.6 is 0 Å². The number of benzene rings is 1. The SMILES string of the molecule is CC(C)N(CCCO)C(=O)[C@@H](N)c1ccccc1. The van der Waals surface area contributed by atoms with Gasteiger partial charge in [0.25, 0.3) is 0 Å². The second kappa shape index (κ2) is 7.13. The van der Waals surface area contributed by atoms with Crippen LogP contribution in [-0.4, -0.2) is 35.1 Å². The van der Waals surface area contributed by atoms with E-state index < -0.39 is 6.04 Å². The lowest BCUT2D eigenvalue weighted by Crippen LogP contribution is -2.43. The minimum atomic E-state index is -0.632. The quantitative estimate of drug-likeness (QED) is 0.800. The highest BCUT2D eigenvalue weighted by atomic mass is 16.3. The summed E-state index contributed by atoms with van der Waals surface area (Å²) < 4.78 is 0. The van der Waals surface area contributed by atoms with Crippen molar-refractivity contribution in [2.75, 3.05) is 13.2 Å². The Morgan fingerprint density at radius 1 is 1.33 bits per heavy atom. The molecule has 0 heterocycles. The van der Waals surface area contributed by atoms with Gasteiger partial charge in [-0.05, 0) is 25.8 Å². The van der Waals surface area contributed by atoms with Crippen molar-refractivity contribution in [1.82, 2.24) is 4.90 Å². The highest BCUT2D eigenvalue weighted by Crippen LogP contribution is 2.14. The van der Waals surface area contributed by atoms with Crippen molar-refractivity contribution in [1.29, 1.82) is 0 Å². The van der Waals surface area contributed by atoms with Crippen molar-refractivity contribution in [2.24, 2.45) is 5.73 Å². The lowest BCUT2D eigenvalue weighted by molar-refractivity contribution is -0.134. The number of aliphatic hydroxyl groups is 1. The zero-order chi connectivity index (χ0) is 13.5. The molecule has 0 bridgehead atoms. The van der Waals surface area contributed by atoms with Crippen LogP contribution in [0.1, 0.15) is 31.9 Å². The highest BCUT2D eigenvalue weighted by Gasteiger charge is 2.23. The van der Waals surface area contributed by atoms with Gasteiger partial charge in [0.2, 0.25) is 5.91 Å². The molecule has 100 valence electrons. The van der Waals surface area contributed by atoms with E-state index in [-0.39, 0.29) is 18.6 Å². The zero-order valence-electron chi connectivity index (χ0n) is 11.0. The van der Waals surface area contributed by atoms with Crippen molar-refractivity contribution in [3.63, 3.8) is 0 Å². The lowest BCUT2D eigenvalue weighted by atomic mass is 10.1. The van der Waals surface area contributed by atoms with Crippen molar-refractivity contribution in [3.05, 3.63) is 35.9 Å². The van der Waals surface area contributed by atoms with Gasteiger partial charge in [0.05, 0.1) is 0 Å². The van der Waals surface area contributed by atoms with Crippen molar-refractivity contribution >= 4 is 5.91 Å². The van der Waals surface area contributed by atoms with Crippen LogP contribution in [0.5, 0.6) is 0 Å². The normalized spacial score (nSPS) is 12.5. The topological polar surface area (TPSA) is 66.6 Å². The van der Waals surface area contributed by atoms with E-state index in [4.69, 9.17) is 10.8 Å². The van der Waals surface area contributed by atoms with E-state index in [2.05, 4.69) is 0 Å². The van der Waals surface area contributed by atoms with Crippen molar-refractivity contribution in [2.45, 2.75) is 32.4 Å². The van der Waals surface area contributed by atoms with E-state index >= 15 is 0 Å². The van der Waals surface area contributed by atoms with Crippen LogP contribution in [-0.2, 0) is 4.79 Å². The molecule has 0 unspecified atom stereocenters. The number of amides is 1. The number of nitrogens with two attached hydrogens (primary N) is 1. The minimum Gasteiger partial charge on any atom is -0.396 e. The summed E-state index contributed by atoms with van der Waals surface area (Å²) in [6, 6.07) is 8.80. The molecule has 0 saturated carbocycles. The number of carbonyl (C=O) groups excluding carboxylic acids is 1. The molecule has 0 spiro atoms. The Balaban J connectivity index is 2.76. The van der Waals surface area contributed by atoms with Crippen molar-refractivity contribution in [3.8, 4) is 0 Å². The summed E-state index contributed by atoms with van der Waals surface area (Å²) in [6.07, 6.45) is 0.575. The van der Waals surface area contributed by atoms with Gasteiger partial charge < -0.3 is 15.7 Å². The fourth-order valence-corrected chi connectivity index (χ4v) is 1.85. The zero-order valence-corrected chi connectivity index (χ0v) is 11.0. The number of nitrogens with zero attached hydrogens (tertiary/aromatic N) is 1. The average Bonchev–Trinajstić information content (AvgIpc) is 2.38. The van der Waals surface area contributed by atoms with Gasteiger partial charge in [-0.15, -0.1) is 0 Å². The molecule has 0 aliphatic heterocycles. The fourth-order valence-electron chi connectivity index (χ4n) is 1.85. The summed E-state index contributed by atoms with van der Waals surface area (Å²) in [5.74, 6) is -0.0929. The maximum Gasteiger partial charge on any atom is 0.244 e. The highest BCUT2D eigenvalue weighted by molar-refractivity contribution is 5.83. The summed E-state index contributed by atoms with van der Waals surface area (Å²) in [5, 5.41) is 8.87. The predicted octanol–water partition coefficient (Wildman–Crippen LogP) is 1.31. The van der Waals surface area contributed by atoms with Crippen LogP contribution in [0.15, 0.2) is 30.3 Å². The molecule has 0 fully saturated rings. The van der Waals surface area contributed by atoms with Gasteiger partial charge in [0.1, 0.15) is 6.04 Å². The van der Waals surface area contributed by atoms with Gasteiger partial charge in [-0.3, -0.25) is 4.79 Å². The third-order valence-electron chi connectivity index (χ3n) is 2.89. The monoisotopic (exact) mass is 250 g/mol. The predicted molar refractivity (Wildman–Crippen MR) is 71.9 cm³/mol. The summed E-state index contributed by atoms with van der Waals surface area (Å²) in [6.45, 7) is 4.52. The van der Waals surface area contributed by atoms with E-state index in [1.165, 1.54) is 0 Å². The molecule has 1 aromatic carbocycles. The summed E-state index contributed by atoms with van der Waals surface area (Å²) >= 11 is 0. The molecular weight excluding hydrogens is 228 g/mol. The molecule has 0 aliphatic carbocycles. The molecule has 0 radical (unpaired) electrons. The molecule has 0 saturated heterocycles. The van der Waals surface area contributed by atoms with E-state index in [0.29, 0.717) is 13.0 Å². The average molecular weight is 250 g/mol. The van der Waals surface area contributed by atoms with Crippen LogP contribution in [0.4, 0.5) is 0 Å². The van der Waals surface area contributed by atoms with Crippen molar-refractivity contribution < 1.29 is 9.90 Å². The summed E-state index contributed by atoms with van der Waals surface area (Å²) in [7, 11) is 0. The van der Waals surface area contributed by atoms with Gasteiger partial charge in [0, 0.05) is 19.2 Å². The molecule has 0 aromatic heterocycles. The largest absolute Gasteiger partial charge is 0.396 e. The maximum atomic E-state index is 12.3. The van der Waals surface area contributed by atoms with E-state index in [0.717, 1.165) is 5.56 Å². The number of carbonyl (C=O) groups is 1. The van der Waals surface area contributed by atoms with Crippen LogP contribution in [0.3, 0.4) is 0 Å². The molecule has 1 aromatic rings. The molecule has 4 heteroatoms. The Morgan fingerprint density at radius 3 is 2.44 bits per heavy atom. The van der Waals surface area contributed by atoms with Gasteiger partial charge in [0.15, 0.2) is 0 Å². The maximum absolute atomic E-state index is 12.3. The second-order valence-corrected chi connectivity index (χ2v) is 4.59. The van der Waals surface area contributed by atoms with Gasteiger partial charge in [-0.2, -0.15) is 0 Å². The second-order valence-electron chi connectivity index (χ2n) is 4.59. The number of hydrogen-bond acceptors (Lipinski definition) is 3. The lowest BCUT2D eigenvalue weighted by Gasteiger charge is -2.29. The Labute approximate surface area is 108 Å². The number of rotatable bonds is 6. The number of aliphatic hydroxyl groups excluding tert-OH is 1. The first kappa shape index (κ1) is 14.7. The summed E-state index contributed by atoms with van der Waals surface area (Å²) in [4.78, 5) is 14.0. The first-order chi connectivity index (χ1) is 8.57. The Kier molecular flexibility index (Phi) is 5.82. The van der Waals surface area contributed by atoms with Gasteiger partial charge in [-0.1, -0.05) is 30.3 Å². The van der Waals surface area contributed by atoms with E-state index in [1.54, 1.807) is 4.90 Å². The first-order valence-corrected chi connectivity index (χ1v) is 6.29. The van der Waals surface area contributed by atoms with E-state index in [9.17, 15) is 4.79 Å². The molecule has 0 aliphatic rings. The van der Waals surface area contributed by atoms with Crippen LogP contribution in [0.25, 0.3) is 0 Å².